The molecule has 1 aromatic rings. The lowest BCUT2D eigenvalue weighted by molar-refractivity contribution is -0.150. The van der Waals surface area contributed by atoms with Crippen LogP contribution in [0, 0.1) is 5.82 Å². The summed E-state index contributed by atoms with van der Waals surface area (Å²) in [5, 5.41) is 0. The Hall–Kier alpha value is -1.58. The van der Waals surface area contributed by atoms with Crippen LogP contribution >= 0.6 is 0 Å². The standard InChI is InChI=1S/C11H13FO3/c1-3-14-11(13)8(2)15-10-6-4-9(12)5-7-10/h4-8H,3H2,1-2H3/t8-/m1/s1. The lowest BCUT2D eigenvalue weighted by Crippen LogP contribution is -2.26. The summed E-state index contributed by atoms with van der Waals surface area (Å²) in [5.41, 5.74) is 0. The van der Waals surface area contributed by atoms with Crippen molar-refractivity contribution in [3.63, 3.8) is 0 Å². The van der Waals surface area contributed by atoms with E-state index in [1.165, 1.54) is 24.3 Å². The van der Waals surface area contributed by atoms with E-state index < -0.39 is 12.1 Å². The summed E-state index contributed by atoms with van der Waals surface area (Å²) < 4.78 is 22.6. The van der Waals surface area contributed by atoms with E-state index in [0.29, 0.717) is 12.4 Å². The number of carbonyl (C=O) groups is 1. The number of hydrogen-bond donors (Lipinski definition) is 0. The van der Waals surface area contributed by atoms with Gasteiger partial charge in [-0.25, -0.2) is 9.18 Å². The number of ether oxygens (including phenoxy) is 2. The molecule has 0 bridgehead atoms. The highest BCUT2D eigenvalue weighted by atomic mass is 19.1. The minimum Gasteiger partial charge on any atom is -0.479 e. The highest BCUT2D eigenvalue weighted by molar-refractivity contribution is 5.74. The SMILES string of the molecule is CCOC(=O)[C@@H](C)Oc1ccc(F)cc1. The lowest BCUT2D eigenvalue weighted by atomic mass is 10.3. The van der Waals surface area contributed by atoms with E-state index in [1.54, 1.807) is 13.8 Å². The van der Waals surface area contributed by atoms with Crippen LogP contribution in [-0.4, -0.2) is 18.7 Å². The van der Waals surface area contributed by atoms with Crippen molar-refractivity contribution in [3.05, 3.63) is 30.1 Å². The first-order valence-corrected chi connectivity index (χ1v) is 4.72. The fourth-order valence-corrected chi connectivity index (χ4v) is 1.03. The van der Waals surface area contributed by atoms with E-state index >= 15 is 0 Å². The molecular weight excluding hydrogens is 199 g/mol. The Kier molecular flexibility index (Phi) is 4.09. The third-order valence-electron chi connectivity index (χ3n) is 1.75. The zero-order valence-corrected chi connectivity index (χ0v) is 8.70. The van der Waals surface area contributed by atoms with Crippen molar-refractivity contribution in [2.45, 2.75) is 20.0 Å². The molecule has 0 aliphatic carbocycles. The molecule has 0 N–H and O–H groups in total. The van der Waals surface area contributed by atoms with Crippen LogP contribution in [0.1, 0.15) is 13.8 Å². The molecule has 0 amide bonds. The largest absolute Gasteiger partial charge is 0.479 e. The molecule has 15 heavy (non-hydrogen) atoms. The maximum absolute atomic E-state index is 12.6. The smallest absolute Gasteiger partial charge is 0.347 e. The van der Waals surface area contributed by atoms with Crippen LogP contribution < -0.4 is 4.74 Å². The van der Waals surface area contributed by atoms with Crippen molar-refractivity contribution in [1.82, 2.24) is 0 Å². The minimum absolute atomic E-state index is 0.315. The Bertz CT molecular complexity index is 321. The van der Waals surface area contributed by atoms with Gasteiger partial charge in [0.05, 0.1) is 6.61 Å². The predicted molar refractivity (Wildman–Crippen MR) is 53.1 cm³/mol. The molecule has 0 fully saturated rings. The number of hydrogen-bond acceptors (Lipinski definition) is 3. The van der Waals surface area contributed by atoms with Crippen molar-refractivity contribution < 1.29 is 18.7 Å². The molecule has 0 aliphatic rings. The van der Waals surface area contributed by atoms with Crippen LogP contribution in [0.2, 0.25) is 0 Å². The molecule has 0 radical (unpaired) electrons. The monoisotopic (exact) mass is 212 g/mol. The van der Waals surface area contributed by atoms with Crippen LogP contribution in [0.4, 0.5) is 4.39 Å². The molecule has 0 aliphatic heterocycles. The highest BCUT2D eigenvalue weighted by Crippen LogP contribution is 2.13. The van der Waals surface area contributed by atoms with Gasteiger partial charge in [0.2, 0.25) is 0 Å². The van der Waals surface area contributed by atoms with Crippen molar-refractivity contribution in [3.8, 4) is 5.75 Å². The normalized spacial score (nSPS) is 11.9. The predicted octanol–water partition coefficient (Wildman–Crippen LogP) is 2.16. The number of esters is 1. The Morgan fingerprint density at radius 3 is 2.53 bits per heavy atom. The van der Waals surface area contributed by atoms with Gasteiger partial charge in [0, 0.05) is 0 Å². The van der Waals surface area contributed by atoms with Crippen LogP contribution in [0.25, 0.3) is 0 Å². The molecule has 1 aromatic carbocycles. The topological polar surface area (TPSA) is 35.5 Å². The quantitative estimate of drug-likeness (QED) is 0.717. The van der Waals surface area contributed by atoms with E-state index in [4.69, 9.17) is 9.47 Å². The third kappa shape index (κ3) is 3.58. The molecule has 1 rings (SSSR count). The molecule has 3 nitrogen and oxygen atoms in total. The molecule has 4 heteroatoms. The van der Waals surface area contributed by atoms with Gasteiger partial charge in [-0.1, -0.05) is 0 Å². The zero-order chi connectivity index (χ0) is 11.3. The Morgan fingerprint density at radius 2 is 2.00 bits per heavy atom. The molecule has 0 spiro atoms. The summed E-state index contributed by atoms with van der Waals surface area (Å²) in [4.78, 5) is 11.2. The van der Waals surface area contributed by atoms with Crippen molar-refractivity contribution in [2.24, 2.45) is 0 Å². The molecular formula is C11H13FO3. The van der Waals surface area contributed by atoms with E-state index in [9.17, 15) is 9.18 Å². The number of halogens is 1. The Labute approximate surface area is 87.8 Å². The van der Waals surface area contributed by atoms with Crippen LogP contribution in [0.15, 0.2) is 24.3 Å². The molecule has 82 valence electrons. The van der Waals surface area contributed by atoms with Crippen molar-refractivity contribution in [1.29, 1.82) is 0 Å². The second-order valence-electron chi connectivity index (χ2n) is 2.97. The van der Waals surface area contributed by atoms with Crippen molar-refractivity contribution >= 4 is 5.97 Å². The van der Waals surface area contributed by atoms with E-state index in [1.807, 2.05) is 0 Å². The van der Waals surface area contributed by atoms with Gasteiger partial charge in [-0.3, -0.25) is 0 Å². The molecule has 1 atom stereocenters. The van der Waals surface area contributed by atoms with Gasteiger partial charge < -0.3 is 9.47 Å². The molecule has 0 saturated heterocycles. The first kappa shape index (κ1) is 11.5. The summed E-state index contributed by atoms with van der Waals surface area (Å²) in [6.45, 7) is 3.62. The first-order chi connectivity index (χ1) is 7.13. The summed E-state index contributed by atoms with van der Waals surface area (Å²) in [7, 11) is 0. The van der Waals surface area contributed by atoms with Gasteiger partial charge in [0.25, 0.3) is 0 Å². The number of rotatable bonds is 4. The highest BCUT2D eigenvalue weighted by Gasteiger charge is 2.15. The van der Waals surface area contributed by atoms with Crippen molar-refractivity contribution in [2.75, 3.05) is 6.61 Å². The summed E-state index contributed by atoms with van der Waals surface area (Å²) in [5.74, 6) is -0.329. The fourth-order valence-electron chi connectivity index (χ4n) is 1.03. The summed E-state index contributed by atoms with van der Waals surface area (Å²) in [6.07, 6.45) is -0.685. The van der Waals surface area contributed by atoms with E-state index in [-0.39, 0.29) is 5.82 Å². The van der Waals surface area contributed by atoms with Gasteiger partial charge in [-0.05, 0) is 38.1 Å². The van der Waals surface area contributed by atoms with Gasteiger partial charge >= 0.3 is 5.97 Å². The maximum atomic E-state index is 12.6. The number of benzene rings is 1. The Balaban J connectivity index is 2.54. The maximum Gasteiger partial charge on any atom is 0.347 e. The van der Waals surface area contributed by atoms with E-state index in [0.717, 1.165) is 0 Å². The van der Waals surface area contributed by atoms with Crippen LogP contribution in [-0.2, 0) is 9.53 Å². The summed E-state index contributed by atoms with van der Waals surface area (Å²) >= 11 is 0. The first-order valence-electron chi connectivity index (χ1n) is 4.72. The number of carbonyl (C=O) groups excluding carboxylic acids is 1. The average molecular weight is 212 g/mol. The second kappa shape index (κ2) is 5.34. The van der Waals surface area contributed by atoms with E-state index in [2.05, 4.69) is 0 Å². The van der Waals surface area contributed by atoms with Gasteiger partial charge in [0.1, 0.15) is 11.6 Å². The average Bonchev–Trinajstić information content (AvgIpc) is 2.22. The summed E-state index contributed by atoms with van der Waals surface area (Å²) in [6, 6.07) is 5.47. The Morgan fingerprint density at radius 1 is 1.40 bits per heavy atom. The third-order valence-corrected chi connectivity index (χ3v) is 1.75. The second-order valence-corrected chi connectivity index (χ2v) is 2.97. The zero-order valence-electron chi connectivity index (χ0n) is 8.70. The molecule has 0 aromatic heterocycles. The lowest BCUT2D eigenvalue weighted by Gasteiger charge is -2.12. The minimum atomic E-state index is -0.685. The fraction of sp³-hybridized carbons (Fsp3) is 0.364. The van der Waals surface area contributed by atoms with Gasteiger partial charge in [-0.15, -0.1) is 0 Å². The molecule has 0 unspecified atom stereocenters. The van der Waals surface area contributed by atoms with Crippen LogP contribution in [0.3, 0.4) is 0 Å². The molecule has 0 heterocycles. The molecule has 0 saturated carbocycles. The van der Waals surface area contributed by atoms with Gasteiger partial charge in [-0.2, -0.15) is 0 Å². The van der Waals surface area contributed by atoms with Gasteiger partial charge in [0.15, 0.2) is 6.10 Å². The van der Waals surface area contributed by atoms with Crippen LogP contribution in [0.5, 0.6) is 5.75 Å².